The number of rotatable bonds is 6. The maximum absolute atomic E-state index is 12.4. The van der Waals surface area contributed by atoms with E-state index < -0.39 is 6.10 Å². The minimum absolute atomic E-state index is 0.0492. The zero-order valence-corrected chi connectivity index (χ0v) is 13.8. The van der Waals surface area contributed by atoms with E-state index in [0.717, 1.165) is 18.6 Å². The summed E-state index contributed by atoms with van der Waals surface area (Å²) in [4.78, 5) is 14.1. The highest BCUT2D eigenvalue weighted by Crippen LogP contribution is 2.28. The van der Waals surface area contributed by atoms with E-state index in [-0.39, 0.29) is 18.4 Å². The molecule has 0 radical (unpaired) electrons. The minimum atomic E-state index is -0.562. The molecule has 21 heavy (non-hydrogen) atoms. The van der Waals surface area contributed by atoms with Gasteiger partial charge in [-0.05, 0) is 18.4 Å². The molecular formula is C16H21NO2S2. The van der Waals surface area contributed by atoms with Crippen molar-refractivity contribution in [2.45, 2.75) is 44.8 Å². The van der Waals surface area contributed by atoms with E-state index in [1.165, 1.54) is 5.56 Å². The van der Waals surface area contributed by atoms with Gasteiger partial charge in [0.25, 0.3) is 0 Å². The van der Waals surface area contributed by atoms with Crippen molar-refractivity contribution in [3.05, 3.63) is 35.9 Å². The number of hydrogen-bond acceptors (Lipinski definition) is 4. The third-order valence-corrected chi connectivity index (χ3v) is 5.12. The molecule has 0 unspecified atom stereocenters. The molecule has 2 atom stereocenters. The lowest BCUT2D eigenvalue weighted by atomic mass is 10.1. The fourth-order valence-electron chi connectivity index (χ4n) is 2.54. The Hall–Kier alpha value is -0.910. The van der Waals surface area contributed by atoms with Gasteiger partial charge in [-0.25, -0.2) is 0 Å². The van der Waals surface area contributed by atoms with E-state index in [2.05, 4.69) is 12.1 Å². The van der Waals surface area contributed by atoms with Crippen LogP contribution < -0.4 is 0 Å². The lowest BCUT2D eigenvalue weighted by molar-refractivity contribution is -0.130. The number of hydrogen-bond donors (Lipinski definition) is 1. The number of amides is 1. The highest BCUT2D eigenvalue weighted by Gasteiger charge is 2.34. The summed E-state index contributed by atoms with van der Waals surface area (Å²) in [6, 6.07) is 10.2. The van der Waals surface area contributed by atoms with Gasteiger partial charge in [0.15, 0.2) is 0 Å². The number of nitrogens with zero attached hydrogens (tertiary/aromatic N) is 1. The molecule has 3 nitrogen and oxygen atoms in total. The normalized spacial score (nSPS) is 19.8. The molecule has 1 aliphatic rings. The third-order valence-electron chi connectivity index (χ3n) is 3.58. The summed E-state index contributed by atoms with van der Waals surface area (Å²) >= 11 is 6.87. The molecule has 1 aliphatic heterocycles. The third kappa shape index (κ3) is 4.53. The zero-order chi connectivity index (χ0) is 15.2. The molecule has 1 N–H and O–H groups in total. The number of thiocarbonyl (C=S) groups is 1. The molecule has 0 saturated carbocycles. The average Bonchev–Trinajstić information content (AvgIpc) is 2.81. The predicted octanol–water partition coefficient (Wildman–Crippen LogP) is 3.01. The predicted molar refractivity (Wildman–Crippen MR) is 91.4 cm³/mol. The second-order valence-electron chi connectivity index (χ2n) is 5.33. The summed E-state index contributed by atoms with van der Waals surface area (Å²) < 4.78 is 0.643. The first-order valence-corrected chi connectivity index (χ1v) is 8.72. The molecular weight excluding hydrogens is 302 g/mol. The van der Waals surface area contributed by atoms with E-state index in [1.54, 1.807) is 16.7 Å². The number of carbonyl (C=O) groups excluding carboxylic acids is 1. The number of aliphatic hydroxyl groups is 1. The first kappa shape index (κ1) is 16.5. The van der Waals surface area contributed by atoms with Crippen LogP contribution in [0.15, 0.2) is 30.3 Å². The Balaban J connectivity index is 2.01. The van der Waals surface area contributed by atoms with Gasteiger partial charge in [0.05, 0.1) is 18.6 Å². The van der Waals surface area contributed by atoms with Crippen LogP contribution in [0.2, 0.25) is 0 Å². The zero-order valence-electron chi connectivity index (χ0n) is 12.2. The monoisotopic (exact) mass is 323 g/mol. The van der Waals surface area contributed by atoms with Crippen molar-refractivity contribution >= 4 is 34.2 Å². The van der Waals surface area contributed by atoms with Gasteiger partial charge in [-0.3, -0.25) is 9.69 Å². The maximum Gasteiger partial charge on any atom is 0.230 e. The Morgan fingerprint density at radius 1 is 1.48 bits per heavy atom. The van der Waals surface area contributed by atoms with E-state index in [0.29, 0.717) is 10.7 Å². The van der Waals surface area contributed by atoms with Gasteiger partial charge in [-0.15, -0.1) is 0 Å². The topological polar surface area (TPSA) is 40.5 Å². The maximum atomic E-state index is 12.4. The Labute approximate surface area is 135 Å². The van der Waals surface area contributed by atoms with Crippen LogP contribution >= 0.6 is 24.0 Å². The lowest BCUT2D eigenvalue weighted by Crippen LogP contribution is -2.41. The first-order valence-electron chi connectivity index (χ1n) is 7.32. The van der Waals surface area contributed by atoms with Crippen LogP contribution in [-0.2, 0) is 11.2 Å². The van der Waals surface area contributed by atoms with Gasteiger partial charge in [-0.1, -0.05) is 67.7 Å². The Morgan fingerprint density at radius 2 is 2.19 bits per heavy atom. The van der Waals surface area contributed by atoms with Crippen molar-refractivity contribution in [1.29, 1.82) is 0 Å². The Bertz CT molecular complexity index is 492. The molecule has 0 bridgehead atoms. The highest BCUT2D eigenvalue weighted by molar-refractivity contribution is 8.23. The van der Waals surface area contributed by atoms with Crippen molar-refractivity contribution in [2.24, 2.45) is 0 Å². The van der Waals surface area contributed by atoms with Crippen molar-refractivity contribution < 1.29 is 9.90 Å². The molecule has 114 valence electrons. The van der Waals surface area contributed by atoms with E-state index >= 15 is 0 Å². The average molecular weight is 323 g/mol. The highest BCUT2D eigenvalue weighted by atomic mass is 32.2. The largest absolute Gasteiger partial charge is 0.393 e. The first-order chi connectivity index (χ1) is 10.1. The standard InChI is InChI=1S/C16H21NO2S2/c1-2-6-14(18)10-15(19)17-13(11-21-16(17)20)9-12-7-4-3-5-8-12/h3-5,7-8,13-14,18H,2,6,9-11H2,1H3/t13-,14-/m0/s1. The van der Waals surface area contributed by atoms with Gasteiger partial charge in [0.2, 0.25) is 5.91 Å². The van der Waals surface area contributed by atoms with Crippen LogP contribution in [0.25, 0.3) is 0 Å². The number of carbonyl (C=O) groups is 1. The smallest absolute Gasteiger partial charge is 0.230 e. The quantitative estimate of drug-likeness (QED) is 0.817. The molecule has 0 spiro atoms. The molecule has 1 amide bonds. The van der Waals surface area contributed by atoms with E-state index in [1.807, 2.05) is 25.1 Å². The van der Waals surface area contributed by atoms with Crippen molar-refractivity contribution in [3.63, 3.8) is 0 Å². The van der Waals surface area contributed by atoms with Gasteiger partial charge in [0, 0.05) is 5.75 Å². The second-order valence-corrected chi connectivity index (χ2v) is 6.98. The van der Waals surface area contributed by atoms with Crippen LogP contribution in [0, 0.1) is 0 Å². The Kier molecular flexibility index (Phi) is 6.21. The summed E-state index contributed by atoms with van der Waals surface area (Å²) in [7, 11) is 0. The number of thioether (sulfide) groups is 1. The van der Waals surface area contributed by atoms with Crippen molar-refractivity contribution in [3.8, 4) is 0 Å². The molecule has 1 aromatic carbocycles. The second kappa shape index (κ2) is 7.92. The van der Waals surface area contributed by atoms with Crippen LogP contribution in [0.4, 0.5) is 0 Å². The van der Waals surface area contributed by atoms with Gasteiger partial charge in [0.1, 0.15) is 4.32 Å². The number of aliphatic hydroxyl groups excluding tert-OH is 1. The van der Waals surface area contributed by atoms with E-state index in [4.69, 9.17) is 12.2 Å². The minimum Gasteiger partial charge on any atom is -0.393 e. The fraction of sp³-hybridized carbons (Fsp3) is 0.500. The van der Waals surface area contributed by atoms with Crippen molar-refractivity contribution in [2.75, 3.05) is 5.75 Å². The molecule has 5 heteroatoms. The summed E-state index contributed by atoms with van der Waals surface area (Å²) in [6.07, 6.45) is 1.95. The molecule has 1 heterocycles. The lowest BCUT2D eigenvalue weighted by Gasteiger charge is -2.24. The molecule has 0 aliphatic carbocycles. The summed E-state index contributed by atoms with van der Waals surface area (Å²) in [6.45, 7) is 2.00. The van der Waals surface area contributed by atoms with E-state index in [9.17, 15) is 9.90 Å². The molecule has 0 aromatic heterocycles. The summed E-state index contributed by atoms with van der Waals surface area (Å²) in [5.41, 5.74) is 1.21. The fourth-order valence-corrected chi connectivity index (χ4v) is 3.98. The van der Waals surface area contributed by atoms with Gasteiger partial charge >= 0.3 is 0 Å². The van der Waals surface area contributed by atoms with Crippen LogP contribution in [0.1, 0.15) is 31.7 Å². The van der Waals surface area contributed by atoms with Crippen LogP contribution in [0.5, 0.6) is 0 Å². The van der Waals surface area contributed by atoms with Gasteiger partial charge in [-0.2, -0.15) is 0 Å². The van der Waals surface area contributed by atoms with Crippen molar-refractivity contribution in [1.82, 2.24) is 4.90 Å². The SMILES string of the molecule is CCC[C@H](O)CC(=O)N1C(=S)SC[C@@H]1Cc1ccccc1. The number of benzene rings is 1. The molecule has 1 fully saturated rings. The molecule has 2 rings (SSSR count). The molecule has 1 aromatic rings. The van der Waals surface area contributed by atoms with Crippen LogP contribution in [0.3, 0.4) is 0 Å². The summed E-state index contributed by atoms with van der Waals surface area (Å²) in [5.74, 6) is 0.787. The Morgan fingerprint density at radius 3 is 2.86 bits per heavy atom. The van der Waals surface area contributed by atoms with Crippen LogP contribution in [-0.4, -0.2) is 38.1 Å². The van der Waals surface area contributed by atoms with Gasteiger partial charge < -0.3 is 5.11 Å². The molecule has 1 saturated heterocycles. The summed E-state index contributed by atoms with van der Waals surface area (Å²) in [5, 5.41) is 9.84.